The number of hydrogen-bond acceptors (Lipinski definition) is 3. The highest BCUT2D eigenvalue weighted by Crippen LogP contribution is 1.69. The molecule has 0 fully saturated rings. The highest BCUT2D eigenvalue weighted by atomic mass is 16.7. The van der Waals surface area contributed by atoms with E-state index in [-0.39, 0.29) is 0 Å². The minimum Gasteiger partial charge on any atom is -0.301 e. The molecule has 0 bridgehead atoms. The van der Waals surface area contributed by atoms with E-state index in [1.165, 1.54) is 6.92 Å². The van der Waals surface area contributed by atoms with E-state index in [4.69, 9.17) is 0 Å². The van der Waals surface area contributed by atoms with E-state index in [0.717, 1.165) is 0 Å². The predicted octanol–water partition coefficient (Wildman–Crippen LogP) is -0.645. The predicted molar refractivity (Wildman–Crippen MR) is 25.7 cm³/mol. The smallest absolute Gasteiger partial charge is 0.158 e. The number of carbonyl (C=O) groups is 1. The van der Waals surface area contributed by atoms with Crippen molar-refractivity contribution in [1.82, 2.24) is 5.43 Å². The van der Waals surface area contributed by atoms with Crippen molar-refractivity contribution in [2.24, 2.45) is 0 Å². The number of nitrogens with one attached hydrogen (secondary N) is 1. The van der Waals surface area contributed by atoms with Crippen LogP contribution in [0.1, 0.15) is 6.92 Å². The van der Waals surface area contributed by atoms with Crippen molar-refractivity contribution < 1.29 is 9.83 Å². The normalized spacial score (nSPS) is 12.1. The van der Waals surface area contributed by atoms with Crippen LogP contribution < -0.4 is 5.43 Å². The van der Waals surface area contributed by atoms with Crippen molar-refractivity contribution in [1.29, 1.82) is 0 Å². The van der Waals surface area contributed by atoms with Crippen molar-refractivity contribution in [3.63, 3.8) is 0 Å². The van der Waals surface area contributed by atoms with Crippen LogP contribution in [-0.4, -0.2) is 17.4 Å². The van der Waals surface area contributed by atoms with Gasteiger partial charge in [-0.1, -0.05) is 0 Å². The molecule has 0 spiro atoms. The number of nitro groups is 1. The summed E-state index contributed by atoms with van der Waals surface area (Å²) < 4.78 is 0. The summed E-state index contributed by atoms with van der Waals surface area (Å²) in [4.78, 5) is 19.2. The summed E-state index contributed by atoms with van der Waals surface area (Å²) >= 11 is 0. The minimum atomic E-state index is -0.751. The lowest BCUT2D eigenvalue weighted by Crippen LogP contribution is -2.32. The van der Waals surface area contributed by atoms with E-state index in [1.807, 2.05) is 0 Å². The molecule has 0 amide bonds. The Hall–Kier alpha value is -1.13. The molecule has 0 aliphatic heterocycles. The molecule has 0 aromatic rings. The number of carbonyl (C=O) groups excluding carboxylic acids is 1. The minimum absolute atomic E-state index is 0.461. The van der Waals surface area contributed by atoms with Gasteiger partial charge in [-0.3, -0.25) is 0 Å². The fourth-order valence-corrected chi connectivity index (χ4v) is 0.197. The van der Waals surface area contributed by atoms with Crippen LogP contribution in [0, 0.1) is 10.1 Å². The summed E-state index contributed by atoms with van der Waals surface area (Å²) in [5.74, 6) is 0. The van der Waals surface area contributed by atoms with Crippen molar-refractivity contribution in [2.75, 3.05) is 0 Å². The van der Waals surface area contributed by atoms with Gasteiger partial charge in [-0.2, -0.15) is 0 Å². The molecule has 0 radical (unpaired) electrons. The van der Waals surface area contributed by atoms with Gasteiger partial charge in [0.05, 0.1) is 0 Å². The number of hydrogen-bond donors (Lipinski definition) is 1. The van der Waals surface area contributed by atoms with Gasteiger partial charge in [-0.25, -0.2) is 10.1 Å². The van der Waals surface area contributed by atoms with Crippen molar-refractivity contribution >= 4 is 6.29 Å². The van der Waals surface area contributed by atoms with Crippen LogP contribution in [0.25, 0.3) is 0 Å². The zero-order chi connectivity index (χ0) is 6.57. The van der Waals surface area contributed by atoms with Crippen molar-refractivity contribution in [2.45, 2.75) is 13.0 Å². The number of hydrazine groups is 1. The Bertz CT molecular complexity index is 103. The summed E-state index contributed by atoms with van der Waals surface area (Å²) in [5.41, 5.74) is 1.75. The highest BCUT2D eigenvalue weighted by molar-refractivity contribution is 5.56. The molecular weight excluding hydrogens is 112 g/mol. The Labute approximate surface area is 45.8 Å². The molecule has 5 nitrogen and oxygen atoms in total. The molecule has 5 heteroatoms. The van der Waals surface area contributed by atoms with Crippen LogP contribution in [0.2, 0.25) is 0 Å². The molecule has 0 aliphatic carbocycles. The zero-order valence-electron chi connectivity index (χ0n) is 4.33. The van der Waals surface area contributed by atoms with E-state index >= 15 is 0 Å². The standard InChI is InChI=1S/C3H6N2O3/c1-3(2-6)4-5(7)8/h2-4H,1H3. The lowest BCUT2D eigenvalue weighted by molar-refractivity contribution is -0.547. The average Bonchev–Trinajstić information content (AvgIpc) is 1.65. The quantitative estimate of drug-likeness (QED) is 0.304. The lowest BCUT2D eigenvalue weighted by Gasteiger charge is -1.94. The Morgan fingerprint density at radius 1 is 1.88 bits per heavy atom. The van der Waals surface area contributed by atoms with Gasteiger partial charge in [0.25, 0.3) is 0 Å². The first-order valence-electron chi connectivity index (χ1n) is 2.02. The zero-order valence-corrected chi connectivity index (χ0v) is 4.33. The first-order valence-corrected chi connectivity index (χ1v) is 2.02. The monoisotopic (exact) mass is 118 g/mol. The van der Waals surface area contributed by atoms with E-state index in [2.05, 4.69) is 0 Å². The molecule has 8 heavy (non-hydrogen) atoms. The largest absolute Gasteiger partial charge is 0.301 e. The van der Waals surface area contributed by atoms with Crippen LogP contribution in [0.15, 0.2) is 0 Å². The second kappa shape index (κ2) is 2.95. The SMILES string of the molecule is CC(C=O)N[N+](=O)[O-]. The van der Waals surface area contributed by atoms with E-state index < -0.39 is 11.1 Å². The Morgan fingerprint density at radius 2 is 2.38 bits per heavy atom. The first-order chi connectivity index (χ1) is 3.66. The maximum atomic E-state index is 9.67. The third-order valence-electron chi connectivity index (χ3n) is 0.513. The highest BCUT2D eigenvalue weighted by Gasteiger charge is 2.01. The second-order valence-corrected chi connectivity index (χ2v) is 1.31. The average molecular weight is 118 g/mol. The molecule has 1 N–H and O–H groups in total. The maximum Gasteiger partial charge on any atom is 0.158 e. The Balaban J connectivity index is 3.38. The number of rotatable bonds is 3. The molecule has 0 rings (SSSR count). The topological polar surface area (TPSA) is 72.2 Å². The van der Waals surface area contributed by atoms with Gasteiger partial charge in [0.15, 0.2) is 5.03 Å². The molecule has 0 saturated heterocycles. The molecule has 46 valence electrons. The molecule has 0 heterocycles. The van der Waals surface area contributed by atoms with E-state index in [0.29, 0.717) is 6.29 Å². The molecule has 0 aromatic carbocycles. The Kier molecular flexibility index (Phi) is 2.53. The van der Waals surface area contributed by atoms with E-state index in [1.54, 1.807) is 5.43 Å². The fraction of sp³-hybridized carbons (Fsp3) is 0.667. The van der Waals surface area contributed by atoms with E-state index in [9.17, 15) is 14.9 Å². The summed E-state index contributed by atoms with van der Waals surface area (Å²) in [6, 6.07) is -0.704. The van der Waals surface area contributed by atoms with Crippen molar-refractivity contribution in [3.8, 4) is 0 Å². The van der Waals surface area contributed by atoms with Gasteiger partial charge in [-0.05, 0) is 6.92 Å². The molecule has 0 aromatic heterocycles. The lowest BCUT2D eigenvalue weighted by atomic mass is 10.4. The number of aldehydes is 1. The summed E-state index contributed by atoms with van der Waals surface area (Å²) in [6.45, 7) is 1.40. The second-order valence-electron chi connectivity index (χ2n) is 1.31. The molecule has 0 saturated carbocycles. The van der Waals surface area contributed by atoms with Gasteiger partial charge in [0.2, 0.25) is 0 Å². The maximum absolute atomic E-state index is 9.67. The van der Waals surface area contributed by atoms with Crippen molar-refractivity contribution in [3.05, 3.63) is 10.1 Å². The van der Waals surface area contributed by atoms with Crippen LogP contribution in [0.3, 0.4) is 0 Å². The van der Waals surface area contributed by atoms with Gasteiger partial charge >= 0.3 is 0 Å². The summed E-state index contributed by atoms with van der Waals surface area (Å²) in [6.07, 6.45) is 0.461. The molecule has 1 unspecified atom stereocenters. The van der Waals surface area contributed by atoms with Crippen LogP contribution in [0.5, 0.6) is 0 Å². The van der Waals surface area contributed by atoms with Gasteiger partial charge in [-0.15, -0.1) is 5.43 Å². The van der Waals surface area contributed by atoms with Crippen LogP contribution in [-0.2, 0) is 4.79 Å². The molecular formula is C3H6N2O3. The summed E-state index contributed by atoms with van der Waals surface area (Å²) in [7, 11) is 0. The first kappa shape index (κ1) is 6.87. The summed E-state index contributed by atoms with van der Waals surface area (Å²) in [5, 5.41) is 8.75. The third kappa shape index (κ3) is 3.08. The fourth-order valence-electron chi connectivity index (χ4n) is 0.197. The molecule has 0 aliphatic rings. The van der Waals surface area contributed by atoms with Crippen LogP contribution in [0.4, 0.5) is 0 Å². The molecule has 1 atom stereocenters. The third-order valence-corrected chi connectivity index (χ3v) is 0.513. The van der Waals surface area contributed by atoms with Gasteiger partial charge in [0, 0.05) is 0 Å². The van der Waals surface area contributed by atoms with Crippen LogP contribution >= 0.6 is 0 Å². The Morgan fingerprint density at radius 3 is 2.50 bits per heavy atom. The number of nitrogens with zero attached hydrogens (tertiary/aromatic N) is 1. The van der Waals surface area contributed by atoms with Gasteiger partial charge < -0.3 is 4.79 Å². The van der Waals surface area contributed by atoms with Gasteiger partial charge in [0.1, 0.15) is 12.3 Å².